The smallest absolute Gasteiger partial charge is 0.0701 e. The van der Waals surface area contributed by atoms with Gasteiger partial charge in [-0.2, -0.15) is 0 Å². The Balaban J connectivity index is 3.53. The Morgan fingerprint density at radius 2 is 2.00 bits per heavy atom. The van der Waals surface area contributed by atoms with E-state index in [0.29, 0.717) is 19.3 Å². The summed E-state index contributed by atoms with van der Waals surface area (Å²) in [7, 11) is 3.70. The maximum atomic E-state index is 5.52. The minimum Gasteiger partial charge on any atom is -0.382 e. The van der Waals surface area contributed by atoms with Crippen LogP contribution in [0.25, 0.3) is 0 Å². The average Bonchev–Trinajstić information content (AvgIpc) is 2.23. The molecule has 0 radical (unpaired) electrons. The van der Waals surface area contributed by atoms with Crippen LogP contribution in [0, 0.1) is 5.92 Å². The number of hydrogen-bond donors (Lipinski definition) is 1. The van der Waals surface area contributed by atoms with Gasteiger partial charge in [0.25, 0.3) is 0 Å². The SMILES string of the molecule is CCCC(C)CC(COCCOC)NC. The molecular weight excluding hydrogens is 190 g/mol. The molecule has 0 aliphatic carbocycles. The van der Waals surface area contributed by atoms with Gasteiger partial charge < -0.3 is 14.8 Å². The molecule has 92 valence electrons. The summed E-state index contributed by atoms with van der Waals surface area (Å²) in [5.41, 5.74) is 0. The summed E-state index contributed by atoms with van der Waals surface area (Å²) < 4.78 is 10.5. The van der Waals surface area contributed by atoms with E-state index in [1.165, 1.54) is 19.3 Å². The predicted molar refractivity (Wildman–Crippen MR) is 64.2 cm³/mol. The van der Waals surface area contributed by atoms with Crippen LogP contribution < -0.4 is 5.32 Å². The number of nitrogens with one attached hydrogen (secondary N) is 1. The van der Waals surface area contributed by atoms with Gasteiger partial charge in [0.2, 0.25) is 0 Å². The highest BCUT2D eigenvalue weighted by Crippen LogP contribution is 2.12. The topological polar surface area (TPSA) is 30.5 Å². The largest absolute Gasteiger partial charge is 0.382 e. The summed E-state index contributed by atoms with van der Waals surface area (Å²) in [6, 6.07) is 0.475. The molecule has 0 aromatic rings. The minimum absolute atomic E-state index is 0.475. The number of likely N-dealkylation sites (N-methyl/N-ethyl adjacent to an activating group) is 1. The summed E-state index contributed by atoms with van der Waals surface area (Å²) in [5, 5.41) is 3.30. The Hall–Kier alpha value is -0.120. The molecule has 0 aromatic heterocycles. The monoisotopic (exact) mass is 217 g/mol. The molecule has 2 unspecified atom stereocenters. The molecule has 0 bridgehead atoms. The first-order valence-electron chi connectivity index (χ1n) is 5.98. The molecule has 0 spiro atoms. The van der Waals surface area contributed by atoms with Gasteiger partial charge in [0.05, 0.1) is 19.8 Å². The summed E-state index contributed by atoms with van der Waals surface area (Å²) in [6.45, 7) is 6.70. The molecule has 15 heavy (non-hydrogen) atoms. The third kappa shape index (κ3) is 8.85. The van der Waals surface area contributed by atoms with Gasteiger partial charge in [-0.3, -0.25) is 0 Å². The van der Waals surface area contributed by atoms with Crippen LogP contribution in [0.2, 0.25) is 0 Å². The lowest BCUT2D eigenvalue weighted by Gasteiger charge is -2.20. The Morgan fingerprint density at radius 1 is 1.27 bits per heavy atom. The van der Waals surface area contributed by atoms with Crippen molar-refractivity contribution >= 4 is 0 Å². The van der Waals surface area contributed by atoms with Gasteiger partial charge in [-0.15, -0.1) is 0 Å². The van der Waals surface area contributed by atoms with E-state index in [4.69, 9.17) is 9.47 Å². The normalized spacial score (nSPS) is 15.2. The Bertz CT molecular complexity index is 131. The standard InChI is InChI=1S/C12H27NO2/c1-5-6-11(2)9-12(13-3)10-15-8-7-14-4/h11-13H,5-10H2,1-4H3. The molecule has 0 rings (SSSR count). The second kappa shape index (κ2) is 10.4. The van der Waals surface area contributed by atoms with Gasteiger partial charge in [-0.05, 0) is 19.4 Å². The minimum atomic E-state index is 0.475. The van der Waals surface area contributed by atoms with E-state index in [1.807, 2.05) is 7.05 Å². The Morgan fingerprint density at radius 3 is 2.53 bits per heavy atom. The third-order valence-corrected chi connectivity index (χ3v) is 2.63. The molecule has 0 saturated carbocycles. The van der Waals surface area contributed by atoms with Crippen molar-refractivity contribution in [3.8, 4) is 0 Å². The molecular formula is C12H27NO2. The van der Waals surface area contributed by atoms with Gasteiger partial charge in [-0.1, -0.05) is 26.7 Å². The molecule has 0 fully saturated rings. The lowest BCUT2D eigenvalue weighted by molar-refractivity contribution is 0.0563. The van der Waals surface area contributed by atoms with Crippen molar-refractivity contribution in [2.75, 3.05) is 34.0 Å². The van der Waals surface area contributed by atoms with E-state index < -0.39 is 0 Å². The van der Waals surface area contributed by atoms with E-state index in [-0.39, 0.29) is 0 Å². The zero-order chi connectivity index (χ0) is 11.5. The van der Waals surface area contributed by atoms with Gasteiger partial charge in [0.1, 0.15) is 0 Å². The molecule has 0 saturated heterocycles. The fourth-order valence-electron chi connectivity index (χ4n) is 1.73. The molecule has 0 amide bonds. The van der Waals surface area contributed by atoms with Crippen LogP contribution in [0.15, 0.2) is 0 Å². The first-order chi connectivity index (χ1) is 7.24. The van der Waals surface area contributed by atoms with Crippen molar-refractivity contribution in [2.24, 2.45) is 5.92 Å². The van der Waals surface area contributed by atoms with E-state index >= 15 is 0 Å². The van der Waals surface area contributed by atoms with Crippen LogP contribution in [0.3, 0.4) is 0 Å². The lowest BCUT2D eigenvalue weighted by atomic mass is 9.98. The fourth-order valence-corrected chi connectivity index (χ4v) is 1.73. The zero-order valence-electron chi connectivity index (χ0n) is 10.7. The van der Waals surface area contributed by atoms with Gasteiger partial charge in [0.15, 0.2) is 0 Å². The van der Waals surface area contributed by atoms with Crippen LogP contribution in [0.5, 0.6) is 0 Å². The number of methoxy groups -OCH3 is 1. The van der Waals surface area contributed by atoms with Gasteiger partial charge in [-0.25, -0.2) is 0 Å². The van der Waals surface area contributed by atoms with Gasteiger partial charge >= 0.3 is 0 Å². The van der Waals surface area contributed by atoms with Crippen molar-refractivity contribution in [1.82, 2.24) is 5.32 Å². The summed E-state index contributed by atoms with van der Waals surface area (Å²) in [6.07, 6.45) is 3.76. The quantitative estimate of drug-likeness (QED) is 0.568. The van der Waals surface area contributed by atoms with E-state index in [0.717, 1.165) is 12.5 Å². The average molecular weight is 217 g/mol. The number of hydrogen-bond acceptors (Lipinski definition) is 3. The van der Waals surface area contributed by atoms with Crippen LogP contribution >= 0.6 is 0 Å². The Kier molecular flexibility index (Phi) is 10.3. The van der Waals surface area contributed by atoms with E-state index in [1.54, 1.807) is 7.11 Å². The van der Waals surface area contributed by atoms with Crippen molar-refractivity contribution in [3.05, 3.63) is 0 Å². The van der Waals surface area contributed by atoms with Crippen LogP contribution in [0.1, 0.15) is 33.1 Å². The fraction of sp³-hybridized carbons (Fsp3) is 1.00. The lowest BCUT2D eigenvalue weighted by Crippen LogP contribution is -2.32. The molecule has 3 heteroatoms. The second-order valence-electron chi connectivity index (χ2n) is 4.18. The molecule has 1 N–H and O–H groups in total. The maximum Gasteiger partial charge on any atom is 0.0701 e. The second-order valence-corrected chi connectivity index (χ2v) is 4.18. The van der Waals surface area contributed by atoms with Crippen molar-refractivity contribution < 1.29 is 9.47 Å². The first kappa shape index (κ1) is 14.9. The van der Waals surface area contributed by atoms with E-state index in [9.17, 15) is 0 Å². The highest BCUT2D eigenvalue weighted by molar-refractivity contribution is 4.67. The van der Waals surface area contributed by atoms with Crippen molar-refractivity contribution in [2.45, 2.75) is 39.2 Å². The van der Waals surface area contributed by atoms with Crippen LogP contribution in [-0.2, 0) is 9.47 Å². The molecule has 2 atom stereocenters. The molecule has 0 aromatic carbocycles. The zero-order valence-corrected chi connectivity index (χ0v) is 10.7. The highest BCUT2D eigenvalue weighted by atomic mass is 16.5. The van der Waals surface area contributed by atoms with Crippen LogP contribution in [0.4, 0.5) is 0 Å². The van der Waals surface area contributed by atoms with Gasteiger partial charge in [0, 0.05) is 13.2 Å². The number of rotatable bonds is 10. The molecule has 0 aliphatic heterocycles. The molecule has 3 nitrogen and oxygen atoms in total. The molecule has 0 aliphatic rings. The maximum absolute atomic E-state index is 5.52. The highest BCUT2D eigenvalue weighted by Gasteiger charge is 2.10. The number of ether oxygens (including phenoxy) is 2. The first-order valence-corrected chi connectivity index (χ1v) is 5.98. The summed E-state index contributed by atoms with van der Waals surface area (Å²) >= 11 is 0. The third-order valence-electron chi connectivity index (χ3n) is 2.63. The van der Waals surface area contributed by atoms with Crippen molar-refractivity contribution in [1.29, 1.82) is 0 Å². The summed E-state index contributed by atoms with van der Waals surface area (Å²) in [4.78, 5) is 0. The van der Waals surface area contributed by atoms with Crippen molar-refractivity contribution in [3.63, 3.8) is 0 Å². The van der Waals surface area contributed by atoms with E-state index in [2.05, 4.69) is 19.2 Å². The summed E-state index contributed by atoms with van der Waals surface area (Å²) in [5.74, 6) is 0.776. The molecule has 0 heterocycles. The Labute approximate surface area is 94.5 Å². The predicted octanol–water partition coefficient (Wildman–Crippen LogP) is 2.06. The van der Waals surface area contributed by atoms with Crippen LogP contribution in [-0.4, -0.2) is 40.0 Å².